The first kappa shape index (κ1) is 14.6. The minimum absolute atomic E-state index is 0.520. The van der Waals surface area contributed by atoms with Gasteiger partial charge in [0, 0.05) is 6.20 Å². The summed E-state index contributed by atoms with van der Waals surface area (Å²) in [6.07, 6.45) is 9.92. The third-order valence-corrected chi connectivity index (χ3v) is 1.81. The molecule has 0 aromatic carbocycles. The highest BCUT2D eigenvalue weighted by molar-refractivity contribution is 6.10. The molecule has 0 spiro atoms. The van der Waals surface area contributed by atoms with Gasteiger partial charge in [-0.05, 0) is 38.3 Å². The van der Waals surface area contributed by atoms with Crippen molar-refractivity contribution >= 4 is 5.71 Å². The first-order valence-electron chi connectivity index (χ1n) is 5.68. The van der Waals surface area contributed by atoms with E-state index in [1.807, 2.05) is 31.4 Å². The molecule has 16 heavy (non-hydrogen) atoms. The SMILES string of the molecule is C=C(/C=C\C)/C(C=C(C)C)=N\C=CC(C)C. The van der Waals surface area contributed by atoms with Gasteiger partial charge in [-0.1, -0.05) is 44.2 Å². The minimum atomic E-state index is 0.520. The second kappa shape index (κ2) is 7.86. The molecule has 0 saturated carbocycles. The van der Waals surface area contributed by atoms with Crippen LogP contribution in [0.2, 0.25) is 0 Å². The average Bonchev–Trinajstić information content (AvgIpc) is 2.15. The highest BCUT2D eigenvalue weighted by Crippen LogP contribution is 2.04. The first-order valence-corrected chi connectivity index (χ1v) is 5.68. The van der Waals surface area contributed by atoms with Gasteiger partial charge in [0.25, 0.3) is 0 Å². The van der Waals surface area contributed by atoms with E-state index in [0.29, 0.717) is 5.92 Å². The van der Waals surface area contributed by atoms with E-state index in [9.17, 15) is 0 Å². The van der Waals surface area contributed by atoms with Gasteiger partial charge in [0.2, 0.25) is 0 Å². The molecule has 1 nitrogen and oxygen atoms in total. The number of nitrogens with zero attached hydrogens (tertiary/aromatic N) is 1. The lowest BCUT2D eigenvalue weighted by atomic mass is 10.1. The van der Waals surface area contributed by atoms with Crippen molar-refractivity contribution in [2.75, 3.05) is 0 Å². The summed E-state index contributed by atoms with van der Waals surface area (Å²) in [5.41, 5.74) is 3.09. The van der Waals surface area contributed by atoms with Crippen LogP contribution >= 0.6 is 0 Å². The third kappa shape index (κ3) is 6.99. The van der Waals surface area contributed by atoms with Crippen LogP contribution in [-0.2, 0) is 0 Å². The zero-order chi connectivity index (χ0) is 12.6. The average molecular weight is 217 g/mol. The van der Waals surface area contributed by atoms with Gasteiger partial charge < -0.3 is 0 Å². The number of hydrogen-bond acceptors (Lipinski definition) is 1. The summed E-state index contributed by atoms with van der Waals surface area (Å²) in [5.74, 6) is 0.520. The van der Waals surface area contributed by atoms with Gasteiger partial charge in [0.15, 0.2) is 0 Å². The second-order valence-electron chi connectivity index (χ2n) is 4.35. The molecule has 0 amide bonds. The molecule has 0 radical (unpaired) electrons. The Bertz CT molecular complexity index is 334. The van der Waals surface area contributed by atoms with Crippen molar-refractivity contribution < 1.29 is 0 Å². The Hall–Kier alpha value is -1.37. The van der Waals surface area contributed by atoms with Gasteiger partial charge in [0.1, 0.15) is 0 Å². The molecule has 0 unspecified atom stereocenters. The quantitative estimate of drug-likeness (QED) is 0.467. The molecule has 0 aliphatic carbocycles. The van der Waals surface area contributed by atoms with Crippen LogP contribution in [0.3, 0.4) is 0 Å². The first-order chi connectivity index (χ1) is 7.47. The maximum absolute atomic E-state index is 4.43. The summed E-state index contributed by atoms with van der Waals surface area (Å²) in [6.45, 7) is 14.4. The topological polar surface area (TPSA) is 12.4 Å². The van der Waals surface area contributed by atoms with Crippen LogP contribution < -0.4 is 0 Å². The van der Waals surface area contributed by atoms with Crippen LogP contribution in [0.5, 0.6) is 0 Å². The van der Waals surface area contributed by atoms with Crippen LogP contribution in [0.15, 0.2) is 53.2 Å². The molecule has 0 heterocycles. The van der Waals surface area contributed by atoms with Crippen LogP contribution in [0, 0.1) is 5.92 Å². The van der Waals surface area contributed by atoms with Crippen molar-refractivity contribution in [1.29, 1.82) is 0 Å². The molecule has 0 fully saturated rings. The summed E-state index contributed by atoms with van der Waals surface area (Å²) in [6, 6.07) is 0. The monoisotopic (exact) mass is 217 g/mol. The summed E-state index contributed by atoms with van der Waals surface area (Å²) in [7, 11) is 0. The molecule has 1 heteroatoms. The molecule has 0 bridgehead atoms. The van der Waals surface area contributed by atoms with E-state index < -0.39 is 0 Å². The number of rotatable bonds is 5. The summed E-state index contributed by atoms with van der Waals surface area (Å²) in [4.78, 5) is 4.43. The molecule has 0 rings (SSSR count). The maximum Gasteiger partial charge on any atom is 0.0695 e. The molecule has 0 aromatic heterocycles. The number of aliphatic imine (C=N–C) groups is 1. The fraction of sp³-hybridized carbons (Fsp3) is 0.400. The van der Waals surface area contributed by atoms with Gasteiger partial charge in [-0.3, -0.25) is 4.99 Å². The minimum Gasteiger partial charge on any atom is -0.257 e. The van der Waals surface area contributed by atoms with Gasteiger partial charge >= 0.3 is 0 Å². The molecule has 0 saturated heterocycles. The lowest BCUT2D eigenvalue weighted by Crippen LogP contribution is -1.95. The highest BCUT2D eigenvalue weighted by atomic mass is 14.7. The largest absolute Gasteiger partial charge is 0.257 e. The van der Waals surface area contributed by atoms with Crippen LogP contribution in [0.1, 0.15) is 34.6 Å². The van der Waals surface area contributed by atoms with Crippen LogP contribution in [-0.4, -0.2) is 5.71 Å². The van der Waals surface area contributed by atoms with E-state index in [1.54, 1.807) is 0 Å². The lowest BCUT2D eigenvalue weighted by Gasteiger charge is -2.00. The van der Waals surface area contributed by atoms with Crippen molar-refractivity contribution in [2.24, 2.45) is 10.9 Å². The van der Waals surface area contributed by atoms with E-state index >= 15 is 0 Å². The van der Waals surface area contributed by atoms with Gasteiger partial charge in [-0.25, -0.2) is 0 Å². The second-order valence-corrected chi connectivity index (χ2v) is 4.35. The Labute approximate surface area is 100.0 Å². The van der Waals surface area contributed by atoms with Crippen molar-refractivity contribution in [3.05, 3.63) is 48.2 Å². The predicted octanol–water partition coefficient (Wildman–Crippen LogP) is 4.70. The molecule has 0 aliphatic rings. The van der Waals surface area contributed by atoms with E-state index in [2.05, 4.69) is 45.3 Å². The number of allylic oxidation sites excluding steroid dienone is 6. The third-order valence-electron chi connectivity index (χ3n) is 1.81. The van der Waals surface area contributed by atoms with Crippen molar-refractivity contribution in [2.45, 2.75) is 34.6 Å². The van der Waals surface area contributed by atoms with E-state index in [-0.39, 0.29) is 0 Å². The van der Waals surface area contributed by atoms with Crippen LogP contribution in [0.4, 0.5) is 0 Å². The molecule has 0 atom stereocenters. The molecular weight excluding hydrogens is 194 g/mol. The van der Waals surface area contributed by atoms with Crippen molar-refractivity contribution in [1.82, 2.24) is 0 Å². The predicted molar refractivity (Wildman–Crippen MR) is 74.8 cm³/mol. The Balaban J connectivity index is 4.95. The fourth-order valence-electron chi connectivity index (χ4n) is 1.07. The normalized spacial score (nSPS) is 12.8. The maximum atomic E-state index is 4.43. The Morgan fingerprint density at radius 3 is 2.31 bits per heavy atom. The molecular formula is C15H23N. The van der Waals surface area contributed by atoms with Crippen molar-refractivity contribution in [3.8, 4) is 0 Å². The number of hydrogen-bond donors (Lipinski definition) is 0. The summed E-state index contributed by atoms with van der Waals surface area (Å²) < 4.78 is 0. The van der Waals surface area contributed by atoms with E-state index in [4.69, 9.17) is 0 Å². The Kier molecular flexibility index (Phi) is 7.19. The van der Waals surface area contributed by atoms with E-state index in [0.717, 1.165) is 11.3 Å². The molecule has 88 valence electrons. The summed E-state index contributed by atoms with van der Waals surface area (Å²) >= 11 is 0. The zero-order valence-electron chi connectivity index (χ0n) is 11.1. The van der Waals surface area contributed by atoms with Gasteiger partial charge in [-0.2, -0.15) is 0 Å². The summed E-state index contributed by atoms with van der Waals surface area (Å²) in [5, 5.41) is 0. The molecule has 0 aliphatic heterocycles. The molecule has 0 N–H and O–H groups in total. The van der Waals surface area contributed by atoms with Crippen molar-refractivity contribution in [3.63, 3.8) is 0 Å². The highest BCUT2D eigenvalue weighted by Gasteiger charge is 1.96. The Morgan fingerprint density at radius 2 is 1.88 bits per heavy atom. The van der Waals surface area contributed by atoms with Gasteiger partial charge in [-0.15, -0.1) is 0 Å². The van der Waals surface area contributed by atoms with Crippen LogP contribution in [0.25, 0.3) is 0 Å². The molecule has 0 aromatic rings. The smallest absolute Gasteiger partial charge is 0.0695 e. The fourth-order valence-corrected chi connectivity index (χ4v) is 1.07. The van der Waals surface area contributed by atoms with Gasteiger partial charge in [0.05, 0.1) is 5.71 Å². The zero-order valence-corrected chi connectivity index (χ0v) is 11.1. The Morgan fingerprint density at radius 1 is 1.25 bits per heavy atom. The lowest BCUT2D eigenvalue weighted by molar-refractivity contribution is 0.829. The standard InChI is InChI=1S/C15H23N/c1-7-8-14(6)15(11-13(4)5)16-10-9-12(2)3/h7-12H,6H2,1-5H3/b8-7-,10-9?,16-15-. The van der Waals surface area contributed by atoms with E-state index in [1.165, 1.54) is 5.57 Å².